The fourth-order valence-electron chi connectivity index (χ4n) is 2.09. The van der Waals surface area contributed by atoms with Crippen LogP contribution in [0.2, 0.25) is 0 Å². The maximum Gasteiger partial charge on any atom is 0.223 e. The number of nitrogens with two attached hydrogens (primary N) is 1. The van der Waals surface area contributed by atoms with Gasteiger partial charge in [0.15, 0.2) is 0 Å². The minimum Gasteiger partial charge on any atom is -0.340 e. The molecule has 0 aromatic carbocycles. The molecule has 3 nitrogen and oxygen atoms in total. The van der Waals surface area contributed by atoms with Crippen molar-refractivity contribution in [2.75, 3.05) is 13.1 Å². The molecule has 1 rings (SSSR count). The molecule has 1 saturated heterocycles. The van der Waals surface area contributed by atoms with Gasteiger partial charge in [-0.05, 0) is 31.7 Å². The van der Waals surface area contributed by atoms with Gasteiger partial charge in [0.05, 0.1) is 0 Å². The summed E-state index contributed by atoms with van der Waals surface area (Å²) in [6.07, 6.45) is 4.05. The highest BCUT2D eigenvalue weighted by molar-refractivity contribution is 5.77. The molecule has 0 aromatic heterocycles. The van der Waals surface area contributed by atoms with E-state index in [1.165, 1.54) is 12.8 Å². The first-order valence-corrected chi connectivity index (χ1v) is 5.68. The standard InChI is InChI=1S/C11H22N2O/c1-3-10-5-4-6-13(10)11(14)7-9(2)8-12/h9-10H,3-8,12H2,1-2H3. The summed E-state index contributed by atoms with van der Waals surface area (Å²) in [5, 5.41) is 0. The molecule has 14 heavy (non-hydrogen) atoms. The Kier molecular flexibility index (Phi) is 4.39. The number of nitrogens with zero attached hydrogens (tertiary/aromatic N) is 1. The predicted octanol–water partition coefficient (Wildman–Crippen LogP) is 1.37. The summed E-state index contributed by atoms with van der Waals surface area (Å²) in [4.78, 5) is 13.9. The second-order valence-electron chi connectivity index (χ2n) is 4.34. The van der Waals surface area contributed by atoms with Crippen molar-refractivity contribution >= 4 is 5.91 Å². The van der Waals surface area contributed by atoms with Gasteiger partial charge in [-0.2, -0.15) is 0 Å². The molecule has 2 unspecified atom stereocenters. The van der Waals surface area contributed by atoms with Crippen molar-refractivity contribution < 1.29 is 4.79 Å². The third-order valence-electron chi connectivity index (χ3n) is 3.09. The summed E-state index contributed by atoms with van der Waals surface area (Å²) in [6, 6.07) is 0.493. The molecule has 1 aliphatic rings. The minimum atomic E-state index is 0.298. The number of hydrogen-bond acceptors (Lipinski definition) is 2. The molecule has 2 N–H and O–H groups in total. The van der Waals surface area contributed by atoms with Gasteiger partial charge in [0, 0.05) is 19.0 Å². The van der Waals surface area contributed by atoms with Crippen LogP contribution in [0.25, 0.3) is 0 Å². The SMILES string of the molecule is CCC1CCCN1C(=O)CC(C)CN. The average molecular weight is 198 g/mol. The number of carbonyl (C=O) groups excluding carboxylic acids is 1. The molecule has 1 amide bonds. The van der Waals surface area contributed by atoms with E-state index < -0.39 is 0 Å². The van der Waals surface area contributed by atoms with Gasteiger partial charge in [-0.1, -0.05) is 13.8 Å². The zero-order valence-corrected chi connectivity index (χ0v) is 9.33. The Bertz CT molecular complexity index is 194. The number of rotatable bonds is 4. The zero-order valence-electron chi connectivity index (χ0n) is 9.33. The highest BCUT2D eigenvalue weighted by Crippen LogP contribution is 2.21. The Morgan fingerprint density at radius 1 is 1.64 bits per heavy atom. The molecule has 1 heterocycles. The molecule has 0 aromatic rings. The fraction of sp³-hybridized carbons (Fsp3) is 0.909. The summed E-state index contributed by atoms with van der Waals surface area (Å²) in [5.74, 6) is 0.618. The Morgan fingerprint density at radius 2 is 2.36 bits per heavy atom. The fourth-order valence-corrected chi connectivity index (χ4v) is 2.09. The monoisotopic (exact) mass is 198 g/mol. The first-order valence-electron chi connectivity index (χ1n) is 5.68. The van der Waals surface area contributed by atoms with E-state index in [0.717, 1.165) is 13.0 Å². The Morgan fingerprint density at radius 3 is 2.93 bits per heavy atom. The molecule has 0 aliphatic carbocycles. The summed E-state index contributed by atoms with van der Waals surface area (Å²) in [5.41, 5.74) is 5.52. The second kappa shape index (κ2) is 5.35. The minimum absolute atomic E-state index is 0.298. The number of likely N-dealkylation sites (tertiary alicyclic amines) is 1. The van der Waals surface area contributed by atoms with E-state index in [0.29, 0.717) is 30.8 Å². The van der Waals surface area contributed by atoms with Crippen LogP contribution in [0.15, 0.2) is 0 Å². The smallest absolute Gasteiger partial charge is 0.223 e. The number of carbonyl (C=O) groups is 1. The van der Waals surface area contributed by atoms with Gasteiger partial charge in [0.2, 0.25) is 5.91 Å². The molecule has 0 bridgehead atoms. The predicted molar refractivity (Wildman–Crippen MR) is 57.9 cm³/mol. The molecular weight excluding hydrogens is 176 g/mol. The quantitative estimate of drug-likeness (QED) is 0.741. The van der Waals surface area contributed by atoms with Crippen molar-refractivity contribution in [3.05, 3.63) is 0 Å². The molecule has 0 saturated carbocycles. The van der Waals surface area contributed by atoms with Gasteiger partial charge in [0.25, 0.3) is 0 Å². The number of amides is 1. The van der Waals surface area contributed by atoms with E-state index >= 15 is 0 Å². The Hall–Kier alpha value is -0.570. The summed E-state index contributed by atoms with van der Waals surface area (Å²) in [7, 11) is 0. The maximum atomic E-state index is 11.9. The van der Waals surface area contributed by atoms with E-state index in [2.05, 4.69) is 6.92 Å². The highest BCUT2D eigenvalue weighted by Gasteiger charge is 2.27. The molecule has 82 valence electrons. The summed E-state index contributed by atoms with van der Waals surface area (Å²) < 4.78 is 0. The van der Waals surface area contributed by atoms with Crippen LogP contribution in [0, 0.1) is 5.92 Å². The number of hydrogen-bond donors (Lipinski definition) is 1. The highest BCUT2D eigenvalue weighted by atomic mass is 16.2. The zero-order chi connectivity index (χ0) is 10.6. The van der Waals surface area contributed by atoms with Crippen LogP contribution in [-0.4, -0.2) is 29.9 Å². The van der Waals surface area contributed by atoms with Crippen LogP contribution in [0.3, 0.4) is 0 Å². The molecule has 0 radical (unpaired) electrons. The molecular formula is C11H22N2O. The van der Waals surface area contributed by atoms with Crippen molar-refractivity contribution in [2.45, 2.75) is 45.6 Å². The van der Waals surface area contributed by atoms with Gasteiger partial charge in [-0.3, -0.25) is 4.79 Å². The summed E-state index contributed by atoms with van der Waals surface area (Å²) in [6.45, 7) is 5.75. The largest absolute Gasteiger partial charge is 0.340 e. The lowest BCUT2D eigenvalue weighted by atomic mass is 10.1. The van der Waals surface area contributed by atoms with E-state index in [9.17, 15) is 4.79 Å². The lowest BCUT2D eigenvalue weighted by Crippen LogP contribution is -2.36. The molecule has 1 aliphatic heterocycles. The van der Waals surface area contributed by atoms with Gasteiger partial charge in [0.1, 0.15) is 0 Å². The normalized spacial score (nSPS) is 23.9. The van der Waals surface area contributed by atoms with Crippen molar-refractivity contribution in [3.63, 3.8) is 0 Å². The van der Waals surface area contributed by atoms with Crippen molar-refractivity contribution in [1.29, 1.82) is 0 Å². The van der Waals surface area contributed by atoms with Gasteiger partial charge < -0.3 is 10.6 Å². The molecule has 2 atom stereocenters. The van der Waals surface area contributed by atoms with Crippen LogP contribution in [0.5, 0.6) is 0 Å². The topological polar surface area (TPSA) is 46.3 Å². The molecule has 0 spiro atoms. The second-order valence-corrected chi connectivity index (χ2v) is 4.34. The van der Waals surface area contributed by atoms with E-state index in [4.69, 9.17) is 5.73 Å². The van der Waals surface area contributed by atoms with Crippen LogP contribution < -0.4 is 5.73 Å². The van der Waals surface area contributed by atoms with Crippen LogP contribution in [0.1, 0.15) is 39.5 Å². The van der Waals surface area contributed by atoms with E-state index in [1.54, 1.807) is 0 Å². The van der Waals surface area contributed by atoms with Gasteiger partial charge >= 0.3 is 0 Å². The Labute approximate surface area is 86.6 Å². The average Bonchev–Trinajstić information content (AvgIpc) is 2.65. The Balaban J connectivity index is 2.43. The maximum absolute atomic E-state index is 11.9. The van der Waals surface area contributed by atoms with E-state index in [-0.39, 0.29) is 0 Å². The van der Waals surface area contributed by atoms with Crippen LogP contribution in [0.4, 0.5) is 0 Å². The van der Waals surface area contributed by atoms with Crippen molar-refractivity contribution in [2.24, 2.45) is 11.7 Å². The first-order chi connectivity index (χ1) is 6.69. The van der Waals surface area contributed by atoms with Crippen molar-refractivity contribution in [1.82, 2.24) is 4.90 Å². The van der Waals surface area contributed by atoms with Crippen LogP contribution in [-0.2, 0) is 4.79 Å². The van der Waals surface area contributed by atoms with Crippen LogP contribution >= 0.6 is 0 Å². The van der Waals surface area contributed by atoms with Crippen molar-refractivity contribution in [3.8, 4) is 0 Å². The lowest BCUT2D eigenvalue weighted by Gasteiger charge is -2.24. The third kappa shape index (κ3) is 2.71. The van der Waals surface area contributed by atoms with E-state index in [1.807, 2.05) is 11.8 Å². The van der Waals surface area contributed by atoms with Gasteiger partial charge in [-0.25, -0.2) is 0 Å². The molecule has 1 fully saturated rings. The lowest BCUT2D eigenvalue weighted by molar-refractivity contribution is -0.132. The first kappa shape index (κ1) is 11.5. The summed E-state index contributed by atoms with van der Waals surface area (Å²) >= 11 is 0. The third-order valence-corrected chi connectivity index (χ3v) is 3.09. The molecule has 3 heteroatoms. The van der Waals surface area contributed by atoms with Gasteiger partial charge in [-0.15, -0.1) is 0 Å².